The highest BCUT2D eigenvalue weighted by molar-refractivity contribution is 7.92. The Hall–Kier alpha value is -1.27. The third-order valence-electron chi connectivity index (χ3n) is 3.80. The highest BCUT2D eigenvalue weighted by atomic mass is 35.5. The van der Waals surface area contributed by atoms with Gasteiger partial charge in [-0.2, -0.15) is 0 Å². The van der Waals surface area contributed by atoms with Crippen LogP contribution in [0.5, 0.6) is 0 Å². The molecule has 0 heterocycles. The monoisotopic (exact) mass is 344 g/mol. The molecule has 0 unspecified atom stereocenters. The maximum Gasteiger partial charge on any atom is 0.251 e. The van der Waals surface area contributed by atoms with Crippen molar-refractivity contribution in [2.45, 2.75) is 32.1 Å². The number of amides is 1. The summed E-state index contributed by atoms with van der Waals surface area (Å²) < 4.78 is 24.7. The molecule has 22 heavy (non-hydrogen) atoms. The zero-order valence-electron chi connectivity index (χ0n) is 12.6. The Bertz CT molecular complexity index is 640. The Morgan fingerprint density at radius 2 is 1.95 bits per heavy atom. The average Bonchev–Trinajstić information content (AvgIpc) is 2.46. The third-order valence-corrected chi connectivity index (χ3v) is 4.71. The number of anilines is 1. The third kappa shape index (κ3) is 5.18. The van der Waals surface area contributed by atoms with Crippen molar-refractivity contribution in [1.82, 2.24) is 5.32 Å². The molecule has 1 amide bonds. The van der Waals surface area contributed by atoms with Crippen molar-refractivity contribution in [2.75, 3.05) is 17.5 Å². The zero-order valence-corrected chi connectivity index (χ0v) is 14.1. The summed E-state index contributed by atoms with van der Waals surface area (Å²) in [7, 11) is -3.39. The first-order chi connectivity index (χ1) is 10.3. The smallest absolute Gasteiger partial charge is 0.251 e. The van der Waals surface area contributed by atoms with Gasteiger partial charge < -0.3 is 5.32 Å². The lowest BCUT2D eigenvalue weighted by Crippen LogP contribution is -2.30. The van der Waals surface area contributed by atoms with Crippen LogP contribution >= 0.6 is 11.6 Å². The first-order valence-electron chi connectivity index (χ1n) is 7.41. The van der Waals surface area contributed by atoms with Gasteiger partial charge in [0.1, 0.15) is 0 Å². The predicted octanol–water partition coefficient (Wildman–Crippen LogP) is 3.02. The van der Waals surface area contributed by atoms with E-state index in [1.807, 2.05) is 0 Å². The Kier molecular flexibility index (Phi) is 5.69. The summed E-state index contributed by atoms with van der Waals surface area (Å²) in [5, 5.41) is 3.13. The average molecular weight is 345 g/mol. The molecule has 122 valence electrons. The fourth-order valence-corrected chi connectivity index (χ4v) is 3.53. The minimum absolute atomic E-state index is 0.182. The van der Waals surface area contributed by atoms with Gasteiger partial charge in [-0.1, -0.05) is 30.9 Å². The van der Waals surface area contributed by atoms with E-state index in [0.717, 1.165) is 19.1 Å². The highest BCUT2D eigenvalue weighted by Gasteiger charge is 2.16. The van der Waals surface area contributed by atoms with Crippen molar-refractivity contribution < 1.29 is 13.2 Å². The van der Waals surface area contributed by atoms with E-state index in [1.54, 1.807) is 6.07 Å². The Morgan fingerprint density at radius 1 is 1.27 bits per heavy atom. The van der Waals surface area contributed by atoms with Crippen LogP contribution in [0.25, 0.3) is 0 Å². The van der Waals surface area contributed by atoms with E-state index in [2.05, 4.69) is 10.0 Å². The number of hydrogen-bond donors (Lipinski definition) is 2. The molecule has 0 saturated heterocycles. The van der Waals surface area contributed by atoms with Crippen LogP contribution in [0.2, 0.25) is 5.02 Å². The molecular formula is C15H21ClN2O3S. The van der Waals surface area contributed by atoms with Crippen LogP contribution in [-0.4, -0.2) is 27.1 Å². The molecule has 0 aliphatic heterocycles. The van der Waals surface area contributed by atoms with E-state index >= 15 is 0 Å². The summed E-state index contributed by atoms with van der Waals surface area (Å²) in [6, 6.07) is 4.54. The van der Waals surface area contributed by atoms with Crippen LogP contribution in [0.1, 0.15) is 42.5 Å². The van der Waals surface area contributed by atoms with Gasteiger partial charge in [-0.3, -0.25) is 9.52 Å². The Balaban J connectivity index is 1.96. The number of nitrogens with one attached hydrogen (secondary N) is 2. The minimum Gasteiger partial charge on any atom is -0.352 e. The van der Waals surface area contributed by atoms with Crippen LogP contribution in [-0.2, 0) is 10.0 Å². The first-order valence-corrected chi connectivity index (χ1v) is 9.67. The number of sulfonamides is 1. The van der Waals surface area contributed by atoms with Gasteiger partial charge in [0.15, 0.2) is 0 Å². The van der Waals surface area contributed by atoms with Gasteiger partial charge in [0.2, 0.25) is 10.0 Å². The summed E-state index contributed by atoms with van der Waals surface area (Å²) in [6.07, 6.45) is 7.13. The largest absolute Gasteiger partial charge is 0.352 e. The number of carbonyl (C=O) groups is 1. The van der Waals surface area contributed by atoms with Crippen LogP contribution in [0.15, 0.2) is 18.2 Å². The van der Waals surface area contributed by atoms with E-state index in [1.165, 1.54) is 31.4 Å². The lowest BCUT2D eigenvalue weighted by Gasteiger charge is -2.21. The number of rotatable bonds is 5. The lowest BCUT2D eigenvalue weighted by atomic mass is 9.89. The van der Waals surface area contributed by atoms with E-state index < -0.39 is 10.0 Å². The van der Waals surface area contributed by atoms with Crippen LogP contribution in [0.3, 0.4) is 0 Å². The summed E-state index contributed by atoms with van der Waals surface area (Å²) in [5.74, 6) is 0.373. The molecule has 1 aliphatic carbocycles. The number of carbonyl (C=O) groups excluding carboxylic acids is 1. The van der Waals surface area contributed by atoms with Crippen molar-refractivity contribution in [2.24, 2.45) is 5.92 Å². The number of halogens is 1. The predicted molar refractivity (Wildman–Crippen MR) is 88.8 cm³/mol. The van der Waals surface area contributed by atoms with E-state index in [-0.39, 0.29) is 16.6 Å². The second-order valence-electron chi connectivity index (χ2n) is 5.78. The maximum absolute atomic E-state index is 12.1. The quantitative estimate of drug-likeness (QED) is 0.862. The molecule has 1 fully saturated rings. The normalized spacial score (nSPS) is 16.3. The molecule has 7 heteroatoms. The second-order valence-corrected chi connectivity index (χ2v) is 7.94. The van der Waals surface area contributed by atoms with Gasteiger partial charge in [0, 0.05) is 12.1 Å². The first kappa shape index (κ1) is 17.1. The summed E-state index contributed by atoms with van der Waals surface area (Å²) in [4.78, 5) is 12.1. The van der Waals surface area contributed by atoms with Crippen LogP contribution < -0.4 is 10.0 Å². The van der Waals surface area contributed by atoms with Gasteiger partial charge in [-0.05, 0) is 37.0 Å². The van der Waals surface area contributed by atoms with Crippen molar-refractivity contribution in [3.8, 4) is 0 Å². The van der Waals surface area contributed by atoms with Crippen molar-refractivity contribution in [3.63, 3.8) is 0 Å². The molecule has 0 spiro atoms. The molecule has 5 nitrogen and oxygen atoms in total. The van der Waals surface area contributed by atoms with E-state index in [9.17, 15) is 13.2 Å². The molecule has 1 aromatic carbocycles. The zero-order chi connectivity index (χ0) is 16.2. The number of benzene rings is 1. The molecule has 1 saturated carbocycles. The molecule has 0 radical (unpaired) electrons. The summed E-state index contributed by atoms with van der Waals surface area (Å²) in [6.45, 7) is 0.680. The summed E-state index contributed by atoms with van der Waals surface area (Å²) in [5.41, 5.74) is 0.702. The standard InChI is InChI=1S/C15H21ClN2O3S/c1-22(20,21)18-14-8-7-12(9-13(14)16)15(19)17-10-11-5-3-2-4-6-11/h7-9,11,18H,2-6,10H2,1H3,(H,17,19). The fourth-order valence-electron chi connectivity index (χ4n) is 2.67. The van der Waals surface area contributed by atoms with E-state index in [0.29, 0.717) is 18.0 Å². The molecule has 1 aliphatic rings. The van der Waals surface area contributed by atoms with Crippen molar-refractivity contribution in [3.05, 3.63) is 28.8 Å². The molecule has 1 aromatic rings. The van der Waals surface area contributed by atoms with Crippen molar-refractivity contribution >= 4 is 33.2 Å². The number of hydrogen-bond acceptors (Lipinski definition) is 3. The highest BCUT2D eigenvalue weighted by Crippen LogP contribution is 2.25. The Morgan fingerprint density at radius 3 is 2.55 bits per heavy atom. The lowest BCUT2D eigenvalue weighted by molar-refractivity contribution is 0.0943. The topological polar surface area (TPSA) is 75.3 Å². The van der Waals surface area contributed by atoms with Crippen molar-refractivity contribution in [1.29, 1.82) is 0 Å². The fraction of sp³-hybridized carbons (Fsp3) is 0.533. The SMILES string of the molecule is CS(=O)(=O)Nc1ccc(C(=O)NCC2CCCCC2)cc1Cl. The maximum atomic E-state index is 12.1. The molecule has 2 N–H and O–H groups in total. The van der Waals surface area contributed by atoms with Gasteiger partial charge in [0.25, 0.3) is 5.91 Å². The van der Waals surface area contributed by atoms with Gasteiger partial charge in [-0.25, -0.2) is 8.42 Å². The summed E-state index contributed by atoms with van der Waals surface area (Å²) >= 11 is 6.02. The molecular weight excluding hydrogens is 324 g/mol. The molecule has 0 bridgehead atoms. The Labute approximate surface area is 136 Å². The van der Waals surface area contributed by atoms with Gasteiger partial charge in [0.05, 0.1) is 17.0 Å². The molecule has 0 atom stereocenters. The van der Waals surface area contributed by atoms with Gasteiger partial charge >= 0.3 is 0 Å². The molecule has 0 aromatic heterocycles. The van der Waals surface area contributed by atoms with Gasteiger partial charge in [-0.15, -0.1) is 0 Å². The van der Waals surface area contributed by atoms with Crippen LogP contribution in [0, 0.1) is 5.92 Å². The molecule has 2 rings (SSSR count). The minimum atomic E-state index is -3.39. The van der Waals surface area contributed by atoms with E-state index in [4.69, 9.17) is 11.6 Å². The second kappa shape index (κ2) is 7.33. The van der Waals surface area contributed by atoms with Crippen LogP contribution in [0.4, 0.5) is 5.69 Å².